The van der Waals surface area contributed by atoms with Crippen LogP contribution in [0.2, 0.25) is 0 Å². The number of rotatable bonds is 9. The molecule has 10 heteroatoms. The molecule has 2 aliphatic heterocycles. The van der Waals surface area contributed by atoms with Crippen molar-refractivity contribution < 1.29 is 23.1 Å². The van der Waals surface area contributed by atoms with Gasteiger partial charge in [-0.05, 0) is 54.5 Å². The fourth-order valence-electron chi connectivity index (χ4n) is 6.06. The van der Waals surface area contributed by atoms with E-state index in [9.17, 15) is 18.4 Å². The second kappa shape index (κ2) is 13.1. The average molecular weight is 580 g/mol. The van der Waals surface area contributed by atoms with Gasteiger partial charge in [0.15, 0.2) is 0 Å². The van der Waals surface area contributed by atoms with Crippen LogP contribution in [0, 0.1) is 0 Å². The normalized spacial score (nSPS) is 15.6. The molecule has 0 bridgehead atoms. The molecule has 0 radical (unpaired) electrons. The van der Waals surface area contributed by atoms with E-state index in [1.165, 1.54) is 13.2 Å². The molecule has 1 saturated heterocycles. The summed E-state index contributed by atoms with van der Waals surface area (Å²) in [4.78, 5) is 30.3. The van der Waals surface area contributed by atoms with Crippen molar-refractivity contribution in [1.82, 2.24) is 25.0 Å². The van der Waals surface area contributed by atoms with E-state index in [2.05, 4.69) is 21.9 Å². The first-order valence-corrected chi connectivity index (χ1v) is 14.8. The predicted octanol–water partition coefficient (Wildman–Crippen LogP) is 5.43. The van der Waals surface area contributed by atoms with Crippen LogP contribution in [-0.4, -0.2) is 58.3 Å². The van der Waals surface area contributed by atoms with Gasteiger partial charge in [0.2, 0.25) is 5.91 Å². The van der Waals surface area contributed by atoms with Gasteiger partial charge in [-0.3, -0.25) is 19.3 Å². The van der Waals surface area contributed by atoms with Crippen LogP contribution in [0.25, 0.3) is 11.1 Å². The lowest BCUT2D eigenvalue weighted by Crippen LogP contribution is -2.35. The molecule has 2 aromatic heterocycles. The van der Waals surface area contributed by atoms with Gasteiger partial charge in [-0.15, -0.1) is 0 Å². The Morgan fingerprint density at radius 3 is 2.60 bits per heavy atom. The lowest BCUT2D eigenvalue weighted by atomic mass is 9.89. The molecular formula is C32H39F2N5O3. The molecule has 42 heavy (non-hydrogen) atoms. The Morgan fingerprint density at radius 2 is 1.95 bits per heavy atom. The van der Waals surface area contributed by atoms with Crippen LogP contribution in [0.3, 0.4) is 0 Å². The predicted molar refractivity (Wildman–Crippen MR) is 156 cm³/mol. The summed E-state index contributed by atoms with van der Waals surface area (Å²) >= 11 is 0. The quantitative estimate of drug-likeness (QED) is 0.365. The molecule has 0 saturated carbocycles. The van der Waals surface area contributed by atoms with Gasteiger partial charge < -0.3 is 15.0 Å². The number of halogens is 2. The highest BCUT2D eigenvalue weighted by Gasteiger charge is 2.30. The zero-order chi connectivity index (χ0) is 29.8. The molecule has 1 aromatic carbocycles. The van der Waals surface area contributed by atoms with E-state index in [4.69, 9.17) is 9.84 Å². The van der Waals surface area contributed by atoms with Crippen LogP contribution >= 0.6 is 0 Å². The number of carbonyl (C=O) groups excluding carboxylic acids is 2. The van der Waals surface area contributed by atoms with E-state index in [0.717, 1.165) is 66.6 Å². The second-order valence-electron chi connectivity index (χ2n) is 11.2. The van der Waals surface area contributed by atoms with Gasteiger partial charge in [0.1, 0.15) is 5.69 Å². The van der Waals surface area contributed by atoms with Crippen LogP contribution < -0.4 is 5.32 Å². The Bertz CT molecular complexity index is 1430. The number of ether oxygens (including phenoxy) is 1. The number of amides is 2. The number of hydrogen-bond donors (Lipinski definition) is 1. The van der Waals surface area contributed by atoms with E-state index >= 15 is 0 Å². The Balaban J connectivity index is 1.57. The van der Waals surface area contributed by atoms with Crippen LogP contribution in [0.5, 0.6) is 0 Å². The molecule has 3 aromatic rings. The molecule has 4 heterocycles. The number of nitrogens with zero attached hydrogens (tertiary/aromatic N) is 4. The highest BCUT2D eigenvalue weighted by Crippen LogP contribution is 2.36. The molecule has 2 aliphatic rings. The van der Waals surface area contributed by atoms with E-state index in [0.29, 0.717) is 43.9 Å². The fourth-order valence-corrected chi connectivity index (χ4v) is 6.06. The maximum absolute atomic E-state index is 14.6. The lowest BCUT2D eigenvalue weighted by molar-refractivity contribution is -0.129. The summed E-state index contributed by atoms with van der Waals surface area (Å²) in [7, 11) is 1.52. The highest BCUT2D eigenvalue weighted by molar-refractivity contribution is 5.92. The summed E-state index contributed by atoms with van der Waals surface area (Å²) in [5, 5.41) is 7.63. The van der Waals surface area contributed by atoms with Gasteiger partial charge in [-0.1, -0.05) is 25.5 Å². The number of pyridine rings is 1. The van der Waals surface area contributed by atoms with E-state index < -0.39 is 6.43 Å². The minimum absolute atomic E-state index is 0.0226. The van der Waals surface area contributed by atoms with Gasteiger partial charge in [0.05, 0.1) is 11.7 Å². The smallest absolute Gasteiger partial charge is 0.269 e. The number of hydrogen-bond acceptors (Lipinski definition) is 5. The largest absolute Gasteiger partial charge is 0.381 e. The molecule has 224 valence electrons. The second-order valence-corrected chi connectivity index (χ2v) is 11.2. The number of alkyl halides is 2. The summed E-state index contributed by atoms with van der Waals surface area (Å²) in [6.45, 7) is 6.20. The van der Waals surface area contributed by atoms with Gasteiger partial charge >= 0.3 is 0 Å². The molecule has 0 aliphatic carbocycles. The Kier molecular flexibility index (Phi) is 9.30. The maximum Gasteiger partial charge on any atom is 0.269 e. The number of fused-ring (bicyclic) bond motifs is 1. The summed E-state index contributed by atoms with van der Waals surface area (Å²) < 4.78 is 36.9. The number of nitrogens with one attached hydrogen (secondary N) is 1. The first-order chi connectivity index (χ1) is 20.3. The van der Waals surface area contributed by atoms with Crippen molar-refractivity contribution >= 4 is 11.8 Å². The zero-order valence-electron chi connectivity index (χ0n) is 24.6. The number of aromatic nitrogens is 3. The lowest BCUT2D eigenvalue weighted by Gasteiger charge is -2.29. The van der Waals surface area contributed by atoms with Crippen molar-refractivity contribution in [2.24, 2.45) is 0 Å². The number of carbonyl (C=O) groups is 2. The summed E-state index contributed by atoms with van der Waals surface area (Å²) in [5.74, 6) is -0.309. The third-order valence-electron chi connectivity index (χ3n) is 8.45. The zero-order valence-corrected chi connectivity index (χ0v) is 24.6. The first-order valence-electron chi connectivity index (χ1n) is 14.8. The van der Waals surface area contributed by atoms with Crippen LogP contribution in [0.15, 0.2) is 30.5 Å². The summed E-state index contributed by atoms with van der Waals surface area (Å²) in [6.07, 6.45) is 4.31. The average Bonchev–Trinajstić information content (AvgIpc) is 3.37. The first kappa shape index (κ1) is 29.8. The van der Waals surface area contributed by atoms with Crippen LogP contribution in [0.4, 0.5) is 8.78 Å². The van der Waals surface area contributed by atoms with Crippen LogP contribution in [-0.2, 0) is 35.3 Å². The number of benzene rings is 1. The van der Waals surface area contributed by atoms with Crippen molar-refractivity contribution in [3.05, 3.63) is 69.8 Å². The third-order valence-corrected chi connectivity index (χ3v) is 8.45. The van der Waals surface area contributed by atoms with Gasteiger partial charge in [0.25, 0.3) is 12.3 Å². The topological polar surface area (TPSA) is 89.3 Å². The summed E-state index contributed by atoms with van der Waals surface area (Å²) in [5.41, 5.74) is 6.00. The van der Waals surface area contributed by atoms with Crippen molar-refractivity contribution in [3.8, 4) is 11.1 Å². The standard InChI is InChI=1S/C32H39F2N5O3/c1-4-5-6-21-15-25(22-7-8-28(36-18-22)32(41)35-3)26(31(33)34)16-23(21)17-29-27-19-38(20(2)40)12-9-30(27)39(37-29)24-10-13-42-14-11-24/h7-8,15-16,18,24,31H,4-6,9-14,17,19H2,1-3H3,(H,35,41). The van der Waals surface area contributed by atoms with E-state index in [1.807, 2.05) is 11.0 Å². The summed E-state index contributed by atoms with van der Waals surface area (Å²) in [6, 6.07) is 6.95. The molecule has 0 unspecified atom stereocenters. The number of aryl methyl sites for hydroxylation is 1. The van der Waals surface area contributed by atoms with E-state index in [-0.39, 0.29) is 29.1 Å². The van der Waals surface area contributed by atoms with Gasteiger partial charge in [-0.2, -0.15) is 5.10 Å². The minimum Gasteiger partial charge on any atom is -0.381 e. The Morgan fingerprint density at radius 1 is 1.17 bits per heavy atom. The minimum atomic E-state index is -2.69. The molecule has 2 amide bonds. The SMILES string of the molecule is CCCCc1cc(-c2ccc(C(=O)NC)nc2)c(C(F)F)cc1Cc1nn(C2CCOCC2)c2c1CN(C(C)=O)CC2. The fraction of sp³-hybridized carbons (Fsp3) is 0.500. The van der Waals surface area contributed by atoms with Crippen LogP contribution in [0.1, 0.15) is 96.1 Å². The molecule has 0 atom stereocenters. The van der Waals surface area contributed by atoms with Crippen molar-refractivity contribution in [3.63, 3.8) is 0 Å². The third kappa shape index (κ3) is 6.23. The molecule has 8 nitrogen and oxygen atoms in total. The van der Waals surface area contributed by atoms with Crippen molar-refractivity contribution in [1.29, 1.82) is 0 Å². The van der Waals surface area contributed by atoms with Crippen molar-refractivity contribution in [2.75, 3.05) is 26.8 Å². The van der Waals surface area contributed by atoms with Gasteiger partial charge in [-0.25, -0.2) is 8.78 Å². The molecule has 5 rings (SSSR count). The molecule has 0 spiro atoms. The monoisotopic (exact) mass is 579 g/mol. The van der Waals surface area contributed by atoms with E-state index in [1.54, 1.807) is 25.1 Å². The molecular weight excluding hydrogens is 540 g/mol. The Hall–Kier alpha value is -3.66. The maximum atomic E-state index is 14.6. The number of unbranched alkanes of at least 4 members (excludes halogenated alkanes) is 1. The van der Waals surface area contributed by atoms with Gasteiger partial charge in [0, 0.05) is 81.7 Å². The highest BCUT2D eigenvalue weighted by atomic mass is 19.3. The molecule has 1 N–H and O–H groups in total. The van der Waals surface area contributed by atoms with Crippen molar-refractivity contribution in [2.45, 2.75) is 77.8 Å². The Labute approximate surface area is 245 Å². The molecule has 1 fully saturated rings.